The summed E-state index contributed by atoms with van der Waals surface area (Å²) in [6.07, 6.45) is 1.28. The van der Waals surface area contributed by atoms with Crippen LogP contribution in [0.5, 0.6) is 11.5 Å². The summed E-state index contributed by atoms with van der Waals surface area (Å²) >= 11 is 3.57. The van der Waals surface area contributed by atoms with Crippen molar-refractivity contribution in [2.45, 2.75) is 76.5 Å². The number of ether oxygens (including phenoxy) is 3. The highest BCUT2D eigenvalue weighted by Gasteiger charge is 2.70. The number of hydrogen-bond acceptors (Lipinski definition) is 6. The van der Waals surface area contributed by atoms with Crippen molar-refractivity contribution in [3.05, 3.63) is 57.1 Å². The summed E-state index contributed by atoms with van der Waals surface area (Å²) in [7, 11) is 1.34. The standard InChI is InChI=1S/C27H32BrNO5/c1-24(2,3)18-11-15(12-19(22(18)30)25(4,5)6)21-17-13-16(28)9-10-20(17)34-26(7)27(21,23(31)32-8)29-14-33-26/h9-14,21,30H,1-8H3/t21-,26+,27+/m1/s1. The number of phenolic OH excluding ortho intramolecular Hbond substituents is 1. The second kappa shape index (κ2) is 7.74. The Balaban J connectivity index is 2.14. The molecule has 0 aliphatic carbocycles. The van der Waals surface area contributed by atoms with Crippen LogP contribution in [0.3, 0.4) is 0 Å². The summed E-state index contributed by atoms with van der Waals surface area (Å²) < 4.78 is 18.3. The average molecular weight is 530 g/mol. The first-order valence-corrected chi connectivity index (χ1v) is 12.1. The van der Waals surface area contributed by atoms with Crippen LogP contribution in [0.4, 0.5) is 0 Å². The molecule has 0 aromatic heterocycles. The Hall–Kier alpha value is -2.54. The molecule has 3 atom stereocenters. The number of nitrogens with zero attached hydrogens (tertiary/aromatic N) is 1. The fourth-order valence-electron chi connectivity index (χ4n) is 5.03. The van der Waals surface area contributed by atoms with Gasteiger partial charge in [0, 0.05) is 17.0 Å². The van der Waals surface area contributed by atoms with Gasteiger partial charge < -0.3 is 19.3 Å². The van der Waals surface area contributed by atoms with Crippen molar-refractivity contribution in [1.29, 1.82) is 0 Å². The van der Waals surface area contributed by atoms with E-state index in [4.69, 9.17) is 14.2 Å². The topological polar surface area (TPSA) is 77.4 Å². The maximum atomic E-state index is 13.5. The van der Waals surface area contributed by atoms with E-state index in [0.29, 0.717) is 5.75 Å². The van der Waals surface area contributed by atoms with Crippen molar-refractivity contribution in [3.63, 3.8) is 0 Å². The molecule has 2 aliphatic heterocycles. The molecule has 7 heteroatoms. The van der Waals surface area contributed by atoms with Crippen molar-refractivity contribution in [2.75, 3.05) is 7.11 Å². The van der Waals surface area contributed by atoms with Gasteiger partial charge >= 0.3 is 5.97 Å². The lowest BCUT2D eigenvalue weighted by Gasteiger charge is -2.47. The molecule has 0 fully saturated rings. The summed E-state index contributed by atoms with van der Waals surface area (Å²) in [6, 6.07) is 9.64. The third-order valence-electron chi connectivity index (χ3n) is 6.81. The summed E-state index contributed by atoms with van der Waals surface area (Å²) in [6.45, 7) is 14.1. The smallest absolute Gasteiger partial charge is 0.343 e. The third-order valence-corrected chi connectivity index (χ3v) is 7.30. The van der Waals surface area contributed by atoms with E-state index in [-0.39, 0.29) is 16.6 Å². The Morgan fingerprint density at radius 2 is 1.68 bits per heavy atom. The molecule has 2 heterocycles. The van der Waals surface area contributed by atoms with Crippen molar-refractivity contribution in [1.82, 2.24) is 0 Å². The van der Waals surface area contributed by atoms with Crippen LogP contribution in [0.25, 0.3) is 0 Å². The van der Waals surface area contributed by atoms with Gasteiger partial charge in [-0.05, 0) is 45.7 Å². The van der Waals surface area contributed by atoms with Gasteiger partial charge in [0.25, 0.3) is 5.79 Å². The summed E-state index contributed by atoms with van der Waals surface area (Å²) in [5.41, 5.74) is 0.993. The monoisotopic (exact) mass is 529 g/mol. The number of esters is 1. The van der Waals surface area contributed by atoms with Gasteiger partial charge in [-0.15, -0.1) is 0 Å². The molecular weight excluding hydrogens is 498 g/mol. The Morgan fingerprint density at radius 3 is 2.21 bits per heavy atom. The number of aromatic hydroxyl groups is 1. The summed E-state index contributed by atoms with van der Waals surface area (Å²) in [4.78, 5) is 18.1. The lowest BCUT2D eigenvalue weighted by Crippen LogP contribution is -2.64. The highest BCUT2D eigenvalue weighted by molar-refractivity contribution is 9.10. The average Bonchev–Trinajstić information content (AvgIpc) is 3.07. The molecular formula is C27H32BrNO5. The van der Waals surface area contributed by atoms with Crippen LogP contribution in [0.2, 0.25) is 0 Å². The number of benzene rings is 2. The molecule has 0 unspecified atom stereocenters. The molecule has 1 N–H and O–H groups in total. The maximum absolute atomic E-state index is 13.5. The molecule has 34 heavy (non-hydrogen) atoms. The van der Waals surface area contributed by atoms with Gasteiger partial charge in [0.05, 0.1) is 13.0 Å². The largest absolute Gasteiger partial charge is 0.507 e. The van der Waals surface area contributed by atoms with Crippen LogP contribution in [0, 0.1) is 0 Å². The fraction of sp³-hybridized carbons (Fsp3) is 0.481. The number of fused-ring (bicyclic) bond motifs is 2. The Morgan fingerprint density at radius 1 is 1.09 bits per heavy atom. The van der Waals surface area contributed by atoms with E-state index in [1.807, 2.05) is 30.3 Å². The lowest BCUT2D eigenvalue weighted by molar-refractivity contribution is -0.186. The minimum Gasteiger partial charge on any atom is -0.507 e. The number of carbonyl (C=O) groups is 1. The van der Waals surface area contributed by atoms with Gasteiger partial charge in [-0.1, -0.05) is 69.6 Å². The quantitative estimate of drug-likeness (QED) is 0.485. The Kier molecular flexibility index (Phi) is 5.59. The first-order chi connectivity index (χ1) is 15.7. The summed E-state index contributed by atoms with van der Waals surface area (Å²) in [5.74, 6) is -1.68. The zero-order valence-electron chi connectivity index (χ0n) is 20.9. The molecule has 0 spiro atoms. The second-order valence-corrected chi connectivity index (χ2v) is 12.2. The molecule has 2 aromatic rings. The van der Waals surface area contributed by atoms with E-state index in [0.717, 1.165) is 26.7 Å². The van der Waals surface area contributed by atoms with Crippen molar-refractivity contribution in [3.8, 4) is 11.5 Å². The van der Waals surface area contributed by atoms with Crippen LogP contribution in [0.15, 0.2) is 39.8 Å². The van der Waals surface area contributed by atoms with Crippen LogP contribution >= 0.6 is 15.9 Å². The van der Waals surface area contributed by atoms with Crippen molar-refractivity contribution in [2.24, 2.45) is 4.99 Å². The first kappa shape index (κ1) is 24.6. The van der Waals surface area contributed by atoms with Crippen molar-refractivity contribution >= 4 is 28.3 Å². The number of halogens is 1. The number of aliphatic imine (C=N–C) groups is 1. The zero-order chi connectivity index (χ0) is 25.3. The SMILES string of the molecule is COC(=O)[C@]12N=CO[C@@]1(C)Oc1ccc(Br)cc1[C@H]2c1cc(C(C)(C)C)c(O)c(C(C)(C)C)c1. The van der Waals surface area contributed by atoms with E-state index >= 15 is 0 Å². The molecule has 182 valence electrons. The Bertz CT molecular complexity index is 1160. The highest BCUT2D eigenvalue weighted by Crippen LogP contribution is 2.57. The third kappa shape index (κ3) is 3.51. The van der Waals surface area contributed by atoms with Crippen LogP contribution in [-0.2, 0) is 25.1 Å². The van der Waals surface area contributed by atoms with E-state index < -0.39 is 23.2 Å². The maximum Gasteiger partial charge on any atom is 0.343 e. The fourth-order valence-corrected chi connectivity index (χ4v) is 5.41. The van der Waals surface area contributed by atoms with E-state index in [1.165, 1.54) is 13.5 Å². The van der Waals surface area contributed by atoms with E-state index in [9.17, 15) is 9.90 Å². The zero-order valence-corrected chi connectivity index (χ0v) is 22.5. The van der Waals surface area contributed by atoms with Gasteiger partial charge in [-0.25, -0.2) is 9.79 Å². The van der Waals surface area contributed by atoms with Gasteiger partial charge in [-0.2, -0.15) is 0 Å². The molecule has 0 radical (unpaired) electrons. The van der Waals surface area contributed by atoms with Crippen LogP contribution < -0.4 is 4.74 Å². The molecule has 2 aromatic carbocycles. The highest BCUT2D eigenvalue weighted by atomic mass is 79.9. The Labute approximate surface area is 209 Å². The van der Waals surface area contributed by atoms with E-state index in [1.54, 1.807) is 6.92 Å². The minimum atomic E-state index is -1.52. The molecule has 0 saturated carbocycles. The van der Waals surface area contributed by atoms with Gasteiger partial charge in [-0.3, -0.25) is 0 Å². The van der Waals surface area contributed by atoms with Gasteiger partial charge in [0.2, 0.25) is 5.54 Å². The minimum absolute atomic E-state index is 0.270. The predicted molar refractivity (Wildman–Crippen MR) is 135 cm³/mol. The molecule has 0 amide bonds. The molecule has 0 bridgehead atoms. The van der Waals surface area contributed by atoms with Crippen LogP contribution in [0.1, 0.15) is 76.6 Å². The number of hydrogen-bond donors (Lipinski definition) is 1. The lowest BCUT2D eigenvalue weighted by atomic mass is 9.67. The molecule has 6 nitrogen and oxygen atoms in total. The second-order valence-electron chi connectivity index (χ2n) is 11.2. The van der Waals surface area contributed by atoms with Crippen LogP contribution in [-0.4, -0.2) is 35.9 Å². The predicted octanol–water partition coefficient (Wildman–Crippen LogP) is 5.96. The first-order valence-electron chi connectivity index (χ1n) is 11.3. The molecule has 4 rings (SSSR count). The number of methoxy groups -OCH3 is 1. The number of rotatable bonds is 2. The molecule has 2 aliphatic rings. The summed E-state index contributed by atoms with van der Waals surface area (Å²) in [5, 5.41) is 11.3. The van der Waals surface area contributed by atoms with Gasteiger partial charge in [0.15, 0.2) is 6.40 Å². The molecule has 0 saturated heterocycles. The number of carbonyl (C=O) groups excluding carboxylic acids is 1. The number of phenols is 1. The van der Waals surface area contributed by atoms with Gasteiger partial charge in [0.1, 0.15) is 11.5 Å². The normalized spacial score (nSPS) is 25.7. The van der Waals surface area contributed by atoms with E-state index in [2.05, 4.69) is 62.5 Å². The van der Waals surface area contributed by atoms with Crippen molar-refractivity contribution < 1.29 is 24.1 Å².